The molecule has 0 saturated heterocycles. The van der Waals surface area contributed by atoms with Crippen LogP contribution in [0.2, 0.25) is 0 Å². The molecule has 0 radical (unpaired) electrons. The fourth-order valence-corrected chi connectivity index (χ4v) is 1.08. The first-order valence-electron chi connectivity index (χ1n) is 4.24. The van der Waals surface area contributed by atoms with E-state index in [2.05, 4.69) is 0 Å². The molecule has 0 heterocycles. The van der Waals surface area contributed by atoms with Crippen LogP contribution in [0.4, 0.5) is 0 Å². The lowest BCUT2D eigenvalue weighted by Gasteiger charge is -2.04. The number of ether oxygens (including phenoxy) is 1. The highest BCUT2D eigenvalue weighted by atomic mass is 35.5. The number of allylic oxidation sites excluding steroid dienone is 1. The van der Waals surface area contributed by atoms with Crippen LogP contribution in [0.5, 0.6) is 5.75 Å². The smallest absolute Gasteiger partial charge is 0.308 e. The van der Waals surface area contributed by atoms with Crippen molar-refractivity contribution in [1.82, 2.24) is 0 Å². The predicted molar refractivity (Wildman–Crippen MR) is 57.6 cm³/mol. The maximum atomic E-state index is 10.8. The zero-order valence-electron chi connectivity index (χ0n) is 8.07. The van der Waals surface area contributed by atoms with Crippen LogP contribution in [0, 0.1) is 0 Å². The summed E-state index contributed by atoms with van der Waals surface area (Å²) in [7, 11) is 0. The lowest BCUT2D eigenvalue weighted by molar-refractivity contribution is -0.131. The molecule has 15 heavy (non-hydrogen) atoms. The molecule has 1 aromatic rings. The van der Waals surface area contributed by atoms with Gasteiger partial charge in [-0.1, -0.05) is 18.2 Å². The van der Waals surface area contributed by atoms with Gasteiger partial charge in [-0.15, -0.1) is 0 Å². The molecule has 78 valence electrons. The van der Waals surface area contributed by atoms with Crippen LogP contribution >= 0.6 is 11.6 Å². The monoisotopic (exact) mass is 224 g/mol. The van der Waals surface area contributed by atoms with Crippen LogP contribution < -0.4 is 4.74 Å². The summed E-state index contributed by atoms with van der Waals surface area (Å²) in [6.07, 6.45) is 2.69. The van der Waals surface area contributed by atoms with Crippen molar-refractivity contribution in [2.24, 2.45) is 0 Å². The van der Waals surface area contributed by atoms with Crippen LogP contribution in [0.3, 0.4) is 0 Å². The van der Waals surface area contributed by atoms with Crippen molar-refractivity contribution in [2.75, 3.05) is 0 Å². The van der Waals surface area contributed by atoms with E-state index in [9.17, 15) is 9.59 Å². The standard InChI is InChI=1S/C11H9ClO3/c1-8(13)15-10-5-3-2-4-9(10)6-7-11(12)14/h2-7H,1H3. The zero-order chi connectivity index (χ0) is 11.3. The molecule has 0 saturated carbocycles. The topological polar surface area (TPSA) is 43.4 Å². The van der Waals surface area contributed by atoms with Crippen molar-refractivity contribution in [1.29, 1.82) is 0 Å². The summed E-state index contributed by atoms with van der Waals surface area (Å²) in [6, 6.07) is 6.86. The lowest BCUT2D eigenvalue weighted by atomic mass is 10.2. The van der Waals surface area contributed by atoms with Gasteiger partial charge in [0.15, 0.2) is 0 Å². The van der Waals surface area contributed by atoms with Crippen molar-refractivity contribution in [3.63, 3.8) is 0 Å². The minimum atomic E-state index is -0.576. The number of carbonyl (C=O) groups is 2. The summed E-state index contributed by atoms with van der Waals surface area (Å²) >= 11 is 5.15. The fourth-order valence-electron chi connectivity index (χ4n) is 1.02. The van der Waals surface area contributed by atoms with Gasteiger partial charge in [-0.3, -0.25) is 9.59 Å². The maximum Gasteiger partial charge on any atom is 0.308 e. The molecule has 1 rings (SSSR count). The van der Waals surface area contributed by atoms with Crippen molar-refractivity contribution >= 4 is 28.9 Å². The Hall–Kier alpha value is -1.61. The first-order chi connectivity index (χ1) is 7.09. The van der Waals surface area contributed by atoms with E-state index < -0.39 is 11.2 Å². The van der Waals surface area contributed by atoms with E-state index in [0.717, 1.165) is 0 Å². The molecule has 0 aromatic heterocycles. The van der Waals surface area contributed by atoms with Crippen LogP contribution in [0.25, 0.3) is 6.08 Å². The zero-order valence-corrected chi connectivity index (χ0v) is 8.82. The highest BCUT2D eigenvalue weighted by Crippen LogP contribution is 2.19. The Kier molecular flexibility index (Phi) is 4.06. The van der Waals surface area contributed by atoms with Gasteiger partial charge in [0.1, 0.15) is 5.75 Å². The molecular weight excluding hydrogens is 216 g/mol. The Morgan fingerprint density at radius 3 is 2.60 bits per heavy atom. The number of para-hydroxylation sites is 1. The lowest BCUT2D eigenvalue weighted by Crippen LogP contribution is -2.02. The molecule has 0 bridgehead atoms. The molecule has 0 spiro atoms. The summed E-state index contributed by atoms with van der Waals surface area (Å²) in [5, 5.41) is -0.576. The normalized spacial score (nSPS) is 10.3. The first kappa shape index (κ1) is 11.5. The molecule has 0 aliphatic carbocycles. The van der Waals surface area contributed by atoms with Gasteiger partial charge in [0, 0.05) is 12.5 Å². The number of halogens is 1. The second-order valence-corrected chi connectivity index (χ2v) is 3.14. The van der Waals surface area contributed by atoms with E-state index in [0.29, 0.717) is 11.3 Å². The average molecular weight is 225 g/mol. The van der Waals surface area contributed by atoms with Crippen molar-refractivity contribution in [3.8, 4) is 5.75 Å². The Balaban J connectivity index is 2.95. The molecule has 0 atom stereocenters. The SMILES string of the molecule is CC(=O)Oc1ccccc1C=CC(=O)Cl. The van der Waals surface area contributed by atoms with Gasteiger partial charge in [0.05, 0.1) is 0 Å². The van der Waals surface area contributed by atoms with Gasteiger partial charge < -0.3 is 4.74 Å². The second-order valence-electron chi connectivity index (χ2n) is 2.77. The van der Waals surface area contributed by atoms with Gasteiger partial charge in [-0.05, 0) is 29.8 Å². The fraction of sp³-hybridized carbons (Fsp3) is 0.0909. The third-order valence-electron chi connectivity index (χ3n) is 1.57. The Morgan fingerprint density at radius 1 is 1.33 bits per heavy atom. The van der Waals surface area contributed by atoms with Crippen molar-refractivity contribution in [3.05, 3.63) is 35.9 Å². The van der Waals surface area contributed by atoms with Crippen LogP contribution in [-0.4, -0.2) is 11.2 Å². The molecule has 1 aromatic carbocycles. The summed E-state index contributed by atoms with van der Waals surface area (Å²) in [5.41, 5.74) is 0.627. The van der Waals surface area contributed by atoms with E-state index in [1.165, 1.54) is 19.1 Å². The van der Waals surface area contributed by atoms with Gasteiger partial charge in [0.25, 0.3) is 0 Å². The number of hydrogen-bond acceptors (Lipinski definition) is 3. The number of rotatable bonds is 3. The number of benzene rings is 1. The second kappa shape index (κ2) is 5.32. The Labute approximate surface area is 92.3 Å². The van der Waals surface area contributed by atoms with E-state index in [4.69, 9.17) is 16.3 Å². The molecule has 0 aliphatic heterocycles. The van der Waals surface area contributed by atoms with E-state index >= 15 is 0 Å². The Bertz CT molecular complexity index is 410. The summed E-state index contributed by atoms with van der Waals surface area (Å²) in [5.74, 6) is -0.00721. The molecule has 0 N–H and O–H groups in total. The largest absolute Gasteiger partial charge is 0.426 e. The van der Waals surface area contributed by atoms with Gasteiger partial charge in [-0.25, -0.2) is 0 Å². The van der Waals surface area contributed by atoms with Gasteiger partial charge in [-0.2, -0.15) is 0 Å². The minimum absolute atomic E-state index is 0.402. The number of carbonyl (C=O) groups excluding carboxylic acids is 2. The molecule has 3 nitrogen and oxygen atoms in total. The van der Waals surface area contributed by atoms with Crippen molar-refractivity contribution in [2.45, 2.75) is 6.92 Å². The molecule has 0 fully saturated rings. The van der Waals surface area contributed by atoms with Crippen LogP contribution in [0.1, 0.15) is 12.5 Å². The van der Waals surface area contributed by atoms with Gasteiger partial charge >= 0.3 is 5.97 Å². The van der Waals surface area contributed by atoms with Gasteiger partial charge in [0.2, 0.25) is 5.24 Å². The highest BCUT2D eigenvalue weighted by molar-refractivity contribution is 6.66. The molecular formula is C11H9ClO3. The molecule has 0 unspecified atom stereocenters. The number of esters is 1. The average Bonchev–Trinajstić information content (AvgIpc) is 2.15. The Morgan fingerprint density at radius 2 is 2.00 bits per heavy atom. The van der Waals surface area contributed by atoms with E-state index in [-0.39, 0.29) is 0 Å². The third kappa shape index (κ3) is 3.95. The molecule has 4 heteroatoms. The number of hydrogen-bond donors (Lipinski definition) is 0. The summed E-state index contributed by atoms with van der Waals surface area (Å²) in [6.45, 7) is 1.31. The highest BCUT2D eigenvalue weighted by Gasteiger charge is 2.02. The quantitative estimate of drug-likeness (QED) is 0.343. The third-order valence-corrected chi connectivity index (χ3v) is 1.69. The predicted octanol–water partition coefficient (Wildman–Crippen LogP) is 2.39. The van der Waals surface area contributed by atoms with E-state index in [1.54, 1.807) is 24.3 Å². The minimum Gasteiger partial charge on any atom is -0.426 e. The van der Waals surface area contributed by atoms with Crippen molar-refractivity contribution < 1.29 is 14.3 Å². The maximum absolute atomic E-state index is 10.8. The molecule has 0 aliphatic rings. The summed E-state index contributed by atoms with van der Waals surface area (Å²) in [4.78, 5) is 21.3. The first-order valence-corrected chi connectivity index (χ1v) is 4.62. The van der Waals surface area contributed by atoms with Crippen LogP contribution in [-0.2, 0) is 9.59 Å². The van der Waals surface area contributed by atoms with Crippen LogP contribution in [0.15, 0.2) is 30.3 Å². The molecule has 0 amide bonds. The van der Waals surface area contributed by atoms with E-state index in [1.807, 2.05) is 0 Å². The summed E-state index contributed by atoms with van der Waals surface area (Å²) < 4.78 is 4.93.